The van der Waals surface area contributed by atoms with Gasteiger partial charge in [-0.25, -0.2) is 9.59 Å². The molecular weight excluding hydrogens is 546 g/mol. The standard InChI is InChI=1S/C30H27N3O7S/c34-28-26(32-24(18-40-30(32)36)20-7-3-1-4-8-20)23-15-16-25(41-22-9-5-2-6-10-22)27(31(23)28)29(35)39-17-19-11-13-21(14-12-19)33(37)38/h1-14,23-27H,15-18H2/t23-,24-,25+,26+,27-/m1/s1. The van der Waals surface area contributed by atoms with Gasteiger partial charge in [0.2, 0.25) is 5.91 Å². The van der Waals surface area contributed by atoms with Gasteiger partial charge in [-0.2, -0.15) is 0 Å². The smallest absolute Gasteiger partial charge is 0.411 e. The molecule has 5 atom stereocenters. The van der Waals surface area contributed by atoms with E-state index in [-0.39, 0.29) is 42.1 Å². The third-order valence-corrected chi connectivity index (χ3v) is 9.16. The molecule has 3 aliphatic rings. The number of nitro groups is 1. The number of nitrogens with zero attached hydrogens (tertiary/aromatic N) is 3. The summed E-state index contributed by atoms with van der Waals surface area (Å²) in [5, 5.41) is 10.7. The number of thioether (sulfide) groups is 1. The number of carbonyl (C=O) groups is 3. The maximum atomic E-state index is 13.8. The highest BCUT2D eigenvalue weighted by atomic mass is 32.2. The highest BCUT2D eigenvalue weighted by molar-refractivity contribution is 8.00. The molecule has 0 saturated carbocycles. The highest BCUT2D eigenvalue weighted by Gasteiger charge is 2.62. The van der Waals surface area contributed by atoms with Crippen LogP contribution in [-0.4, -0.2) is 62.7 Å². The van der Waals surface area contributed by atoms with Crippen LogP contribution in [-0.2, 0) is 25.7 Å². The van der Waals surface area contributed by atoms with Gasteiger partial charge in [0.25, 0.3) is 5.69 Å². The van der Waals surface area contributed by atoms with Crippen molar-refractivity contribution >= 4 is 35.4 Å². The van der Waals surface area contributed by atoms with Gasteiger partial charge in [0.1, 0.15) is 25.3 Å². The second-order valence-electron chi connectivity index (χ2n) is 10.2. The summed E-state index contributed by atoms with van der Waals surface area (Å²) in [4.78, 5) is 54.8. The number of β-lactam (4-membered cyclic amide) rings is 1. The number of carbonyl (C=O) groups excluding carboxylic acids is 3. The van der Waals surface area contributed by atoms with Crippen LogP contribution in [0.5, 0.6) is 0 Å². The van der Waals surface area contributed by atoms with Crippen molar-refractivity contribution in [2.75, 3.05) is 6.61 Å². The van der Waals surface area contributed by atoms with Crippen molar-refractivity contribution in [3.63, 3.8) is 0 Å². The van der Waals surface area contributed by atoms with Crippen LogP contribution in [0.2, 0.25) is 0 Å². The van der Waals surface area contributed by atoms with Crippen LogP contribution in [0.4, 0.5) is 10.5 Å². The molecule has 3 saturated heterocycles. The zero-order valence-corrected chi connectivity index (χ0v) is 22.7. The summed E-state index contributed by atoms with van der Waals surface area (Å²) in [5.41, 5.74) is 1.43. The summed E-state index contributed by atoms with van der Waals surface area (Å²) in [5.74, 6) is -0.845. The molecule has 3 aromatic rings. The number of esters is 1. The fraction of sp³-hybridized carbons (Fsp3) is 0.300. The van der Waals surface area contributed by atoms with E-state index in [0.717, 1.165) is 10.5 Å². The van der Waals surface area contributed by atoms with Crippen molar-refractivity contribution in [2.24, 2.45) is 0 Å². The molecule has 3 heterocycles. The Balaban J connectivity index is 1.23. The first-order valence-electron chi connectivity index (χ1n) is 13.4. The van der Waals surface area contributed by atoms with E-state index in [1.165, 1.54) is 28.8 Å². The zero-order valence-electron chi connectivity index (χ0n) is 21.9. The van der Waals surface area contributed by atoms with Crippen molar-refractivity contribution in [1.29, 1.82) is 0 Å². The van der Waals surface area contributed by atoms with Crippen molar-refractivity contribution in [1.82, 2.24) is 9.80 Å². The van der Waals surface area contributed by atoms with E-state index >= 15 is 0 Å². The summed E-state index contributed by atoms with van der Waals surface area (Å²) < 4.78 is 11.1. The quantitative estimate of drug-likeness (QED) is 0.164. The molecule has 2 amide bonds. The fourth-order valence-corrected chi connectivity index (χ4v) is 7.14. The van der Waals surface area contributed by atoms with E-state index < -0.39 is 29.1 Å². The Bertz CT molecular complexity index is 1450. The molecule has 0 N–H and O–H groups in total. The Hall–Kier alpha value is -4.38. The fourth-order valence-electron chi connectivity index (χ4n) is 5.86. The molecule has 0 radical (unpaired) electrons. The molecule has 6 rings (SSSR count). The summed E-state index contributed by atoms with van der Waals surface area (Å²) >= 11 is 1.53. The number of piperidine rings is 1. The molecule has 0 aliphatic carbocycles. The molecule has 210 valence electrons. The molecule has 0 aromatic heterocycles. The Labute approximate surface area is 240 Å². The molecule has 3 aliphatic heterocycles. The van der Waals surface area contributed by atoms with Crippen molar-refractivity contribution in [3.05, 3.63) is 106 Å². The molecule has 11 heteroatoms. The Morgan fingerprint density at radius 1 is 0.951 bits per heavy atom. The number of hydrogen-bond donors (Lipinski definition) is 0. The van der Waals surface area contributed by atoms with E-state index in [1.807, 2.05) is 60.7 Å². The minimum atomic E-state index is -0.852. The third-order valence-electron chi connectivity index (χ3n) is 7.82. The second kappa shape index (κ2) is 11.2. The van der Waals surface area contributed by atoms with Crippen LogP contribution in [0.25, 0.3) is 0 Å². The number of non-ortho nitro benzene ring substituents is 1. The van der Waals surface area contributed by atoms with Gasteiger partial charge in [0, 0.05) is 22.3 Å². The number of hydrogen-bond acceptors (Lipinski definition) is 8. The lowest BCUT2D eigenvalue weighted by molar-refractivity contribution is -0.384. The molecule has 0 bridgehead atoms. The predicted molar refractivity (Wildman–Crippen MR) is 149 cm³/mol. The molecule has 3 aromatic carbocycles. The van der Waals surface area contributed by atoms with Gasteiger partial charge in [0.05, 0.1) is 17.0 Å². The largest absolute Gasteiger partial charge is 0.459 e. The van der Waals surface area contributed by atoms with Crippen LogP contribution in [0.3, 0.4) is 0 Å². The minimum Gasteiger partial charge on any atom is -0.459 e. The number of nitro benzene ring substituents is 1. The second-order valence-corrected chi connectivity index (χ2v) is 11.5. The number of rotatable bonds is 8. The molecule has 0 spiro atoms. The van der Waals surface area contributed by atoms with Gasteiger partial charge < -0.3 is 14.4 Å². The van der Waals surface area contributed by atoms with Crippen LogP contribution in [0.15, 0.2) is 89.8 Å². The molecule has 41 heavy (non-hydrogen) atoms. The number of fused-ring (bicyclic) bond motifs is 1. The summed E-state index contributed by atoms with van der Waals surface area (Å²) in [6, 6.07) is 22.6. The lowest BCUT2D eigenvalue weighted by atomic mass is 9.80. The maximum Gasteiger partial charge on any atom is 0.411 e. The van der Waals surface area contributed by atoms with E-state index in [0.29, 0.717) is 18.4 Å². The van der Waals surface area contributed by atoms with Crippen molar-refractivity contribution in [3.8, 4) is 0 Å². The van der Waals surface area contributed by atoms with Gasteiger partial charge in [-0.1, -0.05) is 48.5 Å². The van der Waals surface area contributed by atoms with Crippen LogP contribution >= 0.6 is 11.8 Å². The molecular formula is C30H27N3O7S. The first kappa shape index (κ1) is 26.8. The van der Waals surface area contributed by atoms with E-state index in [1.54, 1.807) is 17.0 Å². The average Bonchev–Trinajstić information content (AvgIpc) is 3.37. The number of benzene rings is 3. The molecule has 10 nitrogen and oxygen atoms in total. The lowest BCUT2D eigenvalue weighted by Gasteiger charge is -2.57. The zero-order chi connectivity index (χ0) is 28.5. The third kappa shape index (κ3) is 5.13. The average molecular weight is 574 g/mol. The Kier molecular flexibility index (Phi) is 7.36. The monoisotopic (exact) mass is 573 g/mol. The topological polar surface area (TPSA) is 119 Å². The van der Waals surface area contributed by atoms with Crippen LogP contribution in [0, 0.1) is 10.1 Å². The molecule has 0 unspecified atom stereocenters. The Morgan fingerprint density at radius 2 is 1.63 bits per heavy atom. The minimum absolute atomic E-state index is 0.0546. The SMILES string of the molecule is O=C(OCc1ccc([N+](=O)[O-])cc1)[C@H]1[C@@H](Sc2ccccc2)CC[C@@H]2[C@H](N3C(=O)OC[C@@H]3c3ccccc3)C(=O)N21. The summed E-state index contributed by atoms with van der Waals surface area (Å²) in [6.45, 7) is 0.0766. The van der Waals surface area contributed by atoms with Crippen molar-refractivity contribution < 1.29 is 28.8 Å². The summed E-state index contributed by atoms with van der Waals surface area (Å²) in [7, 11) is 0. The molecule has 3 fully saturated rings. The van der Waals surface area contributed by atoms with Crippen molar-refractivity contribution in [2.45, 2.75) is 53.8 Å². The Morgan fingerprint density at radius 3 is 2.32 bits per heavy atom. The normalized spacial score (nSPS) is 25.2. The lowest BCUT2D eigenvalue weighted by Crippen LogP contribution is -2.77. The predicted octanol–water partition coefficient (Wildman–Crippen LogP) is 4.73. The van der Waals surface area contributed by atoms with Gasteiger partial charge in [-0.15, -0.1) is 11.8 Å². The highest BCUT2D eigenvalue weighted by Crippen LogP contribution is 2.45. The summed E-state index contributed by atoms with van der Waals surface area (Å²) in [6.07, 6.45) is 0.730. The van der Waals surface area contributed by atoms with E-state index in [2.05, 4.69) is 0 Å². The van der Waals surface area contributed by atoms with Crippen LogP contribution < -0.4 is 0 Å². The van der Waals surface area contributed by atoms with Gasteiger partial charge in [-0.05, 0) is 48.2 Å². The first-order valence-corrected chi connectivity index (χ1v) is 14.2. The van der Waals surface area contributed by atoms with Crippen LogP contribution in [0.1, 0.15) is 30.0 Å². The number of cyclic esters (lactones) is 1. The first-order chi connectivity index (χ1) is 19.9. The maximum absolute atomic E-state index is 13.8. The van der Waals surface area contributed by atoms with E-state index in [9.17, 15) is 24.5 Å². The number of ether oxygens (including phenoxy) is 2. The number of amides is 2. The van der Waals surface area contributed by atoms with Gasteiger partial charge in [0.15, 0.2) is 0 Å². The van der Waals surface area contributed by atoms with Gasteiger partial charge in [-0.3, -0.25) is 19.8 Å². The van der Waals surface area contributed by atoms with E-state index in [4.69, 9.17) is 9.47 Å². The van der Waals surface area contributed by atoms with Gasteiger partial charge >= 0.3 is 12.1 Å².